The highest BCUT2D eigenvalue weighted by molar-refractivity contribution is 6.30. The highest BCUT2D eigenvalue weighted by Crippen LogP contribution is 2.21. The molecule has 0 aliphatic heterocycles. The van der Waals surface area contributed by atoms with Gasteiger partial charge in [-0.2, -0.15) is 0 Å². The number of hydrogen-bond donors (Lipinski definition) is 0. The predicted octanol–water partition coefficient (Wildman–Crippen LogP) is 4.29. The Bertz CT molecular complexity index is 766. The van der Waals surface area contributed by atoms with Crippen LogP contribution in [-0.2, 0) is 6.54 Å². The molecule has 19 heavy (non-hydrogen) atoms. The van der Waals surface area contributed by atoms with Gasteiger partial charge in [-0.3, -0.25) is 4.98 Å². The molecular weight excluding hydrogens is 258 g/mol. The van der Waals surface area contributed by atoms with Crippen LogP contribution in [-0.4, -0.2) is 9.55 Å². The third kappa shape index (κ3) is 2.31. The molecule has 0 saturated heterocycles. The van der Waals surface area contributed by atoms with E-state index in [1.807, 2.05) is 42.6 Å². The van der Waals surface area contributed by atoms with Crippen molar-refractivity contribution in [2.24, 2.45) is 0 Å². The van der Waals surface area contributed by atoms with Crippen LogP contribution >= 0.6 is 11.6 Å². The summed E-state index contributed by atoms with van der Waals surface area (Å²) in [6.07, 6.45) is 3.59. The van der Waals surface area contributed by atoms with Crippen molar-refractivity contribution in [1.29, 1.82) is 0 Å². The Balaban J connectivity index is 2.01. The lowest BCUT2D eigenvalue weighted by atomic mass is 10.2. The lowest BCUT2D eigenvalue weighted by Crippen LogP contribution is -1.97. The maximum absolute atomic E-state index is 7.05. The van der Waals surface area contributed by atoms with Gasteiger partial charge in [0, 0.05) is 24.0 Å². The second-order valence-corrected chi connectivity index (χ2v) is 4.72. The maximum Gasteiger partial charge on any atom is 0.207 e. The second-order valence-electron chi connectivity index (χ2n) is 4.28. The van der Waals surface area contributed by atoms with Crippen molar-refractivity contribution < 1.29 is 0 Å². The molecule has 0 saturated carbocycles. The molecule has 2 heterocycles. The average molecular weight is 268 g/mol. The Labute approximate surface area is 115 Å². The molecule has 0 atom stereocenters. The molecule has 0 aliphatic carbocycles. The number of fused-ring (bicyclic) bond motifs is 1. The van der Waals surface area contributed by atoms with Crippen molar-refractivity contribution in [2.75, 3.05) is 0 Å². The Morgan fingerprint density at radius 3 is 2.74 bits per heavy atom. The van der Waals surface area contributed by atoms with Crippen molar-refractivity contribution in [3.05, 3.63) is 70.8 Å². The number of aromatic nitrogens is 2. The van der Waals surface area contributed by atoms with Gasteiger partial charge in [-0.1, -0.05) is 23.7 Å². The number of benzene rings is 1. The summed E-state index contributed by atoms with van der Waals surface area (Å²) in [4.78, 5) is 7.69. The standard InChI is InChI=1S/C15H10ClN3/c1-17-13-8-15-14(18-9-13)6-7-19(15)10-11-2-4-12(16)5-3-11/h2-9H,10H2. The molecule has 0 fully saturated rings. The zero-order valence-electron chi connectivity index (χ0n) is 10.0. The quantitative estimate of drug-likeness (QED) is 0.635. The monoisotopic (exact) mass is 267 g/mol. The highest BCUT2D eigenvalue weighted by Gasteiger charge is 2.04. The summed E-state index contributed by atoms with van der Waals surface area (Å²) in [5.74, 6) is 0. The fraction of sp³-hybridized carbons (Fsp3) is 0.0667. The molecule has 0 N–H and O–H groups in total. The lowest BCUT2D eigenvalue weighted by molar-refractivity contribution is 0.837. The summed E-state index contributed by atoms with van der Waals surface area (Å²) in [5.41, 5.74) is 3.60. The van der Waals surface area contributed by atoms with Gasteiger partial charge >= 0.3 is 0 Å². The van der Waals surface area contributed by atoms with E-state index < -0.39 is 0 Å². The van der Waals surface area contributed by atoms with Crippen molar-refractivity contribution in [3.8, 4) is 0 Å². The molecule has 4 heteroatoms. The third-order valence-corrected chi connectivity index (χ3v) is 3.25. The first-order valence-electron chi connectivity index (χ1n) is 5.83. The fourth-order valence-electron chi connectivity index (χ4n) is 2.04. The number of nitrogens with zero attached hydrogens (tertiary/aromatic N) is 3. The molecule has 3 aromatic rings. The molecule has 0 aliphatic rings. The van der Waals surface area contributed by atoms with E-state index in [-0.39, 0.29) is 0 Å². The minimum absolute atomic E-state index is 0.559. The largest absolute Gasteiger partial charge is 0.343 e. The van der Waals surface area contributed by atoms with Crippen molar-refractivity contribution in [1.82, 2.24) is 9.55 Å². The van der Waals surface area contributed by atoms with E-state index in [0.29, 0.717) is 5.69 Å². The zero-order valence-corrected chi connectivity index (χ0v) is 10.8. The number of pyridine rings is 1. The van der Waals surface area contributed by atoms with Crippen LogP contribution in [0, 0.1) is 6.57 Å². The molecule has 2 aromatic heterocycles. The first-order valence-corrected chi connectivity index (χ1v) is 6.21. The van der Waals surface area contributed by atoms with Gasteiger partial charge in [0.2, 0.25) is 5.69 Å². The number of rotatable bonds is 2. The highest BCUT2D eigenvalue weighted by atomic mass is 35.5. The molecule has 3 rings (SSSR count). The summed E-state index contributed by atoms with van der Waals surface area (Å²) in [6.45, 7) is 7.79. The summed E-state index contributed by atoms with van der Waals surface area (Å²) in [5, 5.41) is 0.734. The SMILES string of the molecule is [C-]#[N+]c1cnc2ccn(Cc3ccc(Cl)cc3)c2c1. The molecule has 0 radical (unpaired) electrons. The van der Waals surface area contributed by atoms with Crippen LogP contribution in [0.15, 0.2) is 48.8 Å². The lowest BCUT2D eigenvalue weighted by Gasteiger charge is -2.06. The van der Waals surface area contributed by atoms with Gasteiger partial charge in [-0.05, 0) is 29.8 Å². The smallest absolute Gasteiger partial charge is 0.207 e. The van der Waals surface area contributed by atoms with E-state index in [1.165, 1.54) is 0 Å². The van der Waals surface area contributed by atoms with E-state index in [2.05, 4.69) is 14.4 Å². The first-order chi connectivity index (χ1) is 9.26. The van der Waals surface area contributed by atoms with Gasteiger partial charge in [0.15, 0.2) is 0 Å². The topological polar surface area (TPSA) is 22.2 Å². The minimum atomic E-state index is 0.559. The first kappa shape index (κ1) is 11.8. The number of halogens is 1. The van der Waals surface area contributed by atoms with E-state index in [0.717, 1.165) is 28.2 Å². The van der Waals surface area contributed by atoms with Gasteiger partial charge in [-0.25, -0.2) is 4.85 Å². The van der Waals surface area contributed by atoms with Crippen molar-refractivity contribution >= 4 is 28.3 Å². The van der Waals surface area contributed by atoms with Gasteiger partial charge in [0.1, 0.15) is 0 Å². The number of hydrogen-bond acceptors (Lipinski definition) is 1. The van der Waals surface area contributed by atoms with Crippen LogP contribution in [0.25, 0.3) is 15.9 Å². The molecule has 0 spiro atoms. The molecule has 3 nitrogen and oxygen atoms in total. The fourth-order valence-corrected chi connectivity index (χ4v) is 2.16. The molecule has 92 valence electrons. The van der Waals surface area contributed by atoms with E-state index >= 15 is 0 Å². The Morgan fingerprint density at radius 2 is 2.00 bits per heavy atom. The minimum Gasteiger partial charge on any atom is -0.343 e. The van der Waals surface area contributed by atoms with Crippen molar-refractivity contribution in [2.45, 2.75) is 6.54 Å². The summed E-state index contributed by atoms with van der Waals surface area (Å²) in [7, 11) is 0. The van der Waals surface area contributed by atoms with E-state index in [1.54, 1.807) is 6.20 Å². The molecule has 0 amide bonds. The molecule has 0 unspecified atom stereocenters. The van der Waals surface area contributed by atoms with E-state index in [9.17, 15) is 0 Å². The Hall–Kier alpha value is -2.31. The van der Waals surface area contributed by atoms with Crippen molar-refractivity contribution in [3.63, 3.8) is 0 Å². The maximum atomic E-state index is 7.05. The normalized spacial score (nSPS) is 10.5. The molecular formula is C15H10ClN3. The zero-order chi connectivity index (χ0) is 13.2. The third-order valence-electron chi connectivity index (χ3n) is 3.00. The van der Waals surface area contributed by atoms with Gasteiger partial charge in [0.25, 0.3) is 0 Å². The van der Waals surface area contributed by atoms with Crippen LogP contribution in [0.1, 0.15) is 5.56 Å². The van der Waals surface area contributed by atoms with Crippen LogP contribution in [0.4, 0.5) is 5.69 Å². The van der Waals surface area contributed by atoms with Gasteiger partial charge in [0.05, 0.1) is 17.6 Å². The summed E-state index contributed by atoms with van der Waals surface area (Å²) < 4.78 is 2.08. The van der Waals surface area contributed by atoms with Crippen LogP contribution in [0.2, 0.25) is 5.02 Å². The summed E-state index contributed by atoms with van der Waals surface area (Å²) in [6, 6.07) is 11.6. The Morgan fingerprint density at radius 1 is 1.21 bits per heavy atom. The van der Waals surface area contributed by atoms with Gasteiger partial charge in [-0.15, -0.1) is 0 Å². The molecule has 1 aromatic carbocycles. The van der Waals surface area contributed by atoms with E-state index in [4.69, 9.17) is 18.2 Å². The van der Waals surface area contributed by atoms with Crippen LogP contribution in [0.3, 0.4) is 0 Å². The second kappa shape index (κ2) is 4.75. The van der Waals surface area contributed by atoms with Gasteiger partial charge < -0.3 is 4.57 Å². The summed E-state index contributed by atoms with van der Waals surface area (Å²) >= 11 is 5.88. The average Bonchev–Trinajstić information content (AvgIpc) is 2.84. The van der Waals surface area contributed by atoms with Crippen LogP contribution < -0.4 is 0 Å². The predicted molar refractivity (Wildman–Crippen MR) is 76.5 cm³/mol. The van der Waals surface area contributed by atoms with Crippen LogP contribution in [0.5, 0.6) is 0 Å². The molecule has 0 bridgehead atoms. The Kier molecular flexibility index (Phi) is 2.94.